The molecule has 0 aliphatic rings. The molecule has 1 heterocycles. The van der Waals surface area contributed by atoms with Crippen LogP contribution >= 0.6 is 11.3 Å². The van der Waals surface area contributed by atoms with Crippen molar-refractivity contribution in [1.29, 1.82) is 0 Å². The Morgan fingerprint density at radius 2 is 1.95 bits per heavy atom. The largest absolute Gasteiger partial charge is 0.293 e. The smallest absolute Gasteiger partial charge is 0.211 e. The van der Waals surface area contributed by atoms with Crippen LogP contribution in [0.5, 0.6) is 0 Å². The molecule has 2 aromatic rings. The van der Waals surface area contributed by atoms with Gasteiger partial charge in [-0.15, -0.1) is 11.3 Å². The third-order valence-electron chi connectivity index (χ3n) is 2.87. The quantitative estimate of drug-likeness (QED) is 0.461. The summed E-state index contributed by atoms with van der Waals surface area (Å²) in [4.78, 5) is 23.1. The Bertz CT molecular complexity index is 551. The van der Waals surface area contributed by atoms with Gasteiger partial charge in [0.25, 0.3) is 0 Å². The summed E-state index contributed by atoms with van der Waals surface area (Å²) < 4.78 is 0. The number of benzene rings is 1. The van der Waals surface area contributed by atoms with Crippen molar-refractivity contribution in [1.82, 2.24) is 0 Å². The highest BCUT2D eigenvalue weighted by molar-refractivity contribution is 7.12. The SMILES string of the molecule is O=C(C[C@H](C[N+](=O)[O-])c1ccccc1)c1cccs1. The number of thiophene rings is 1. The Kier molecular flexibility index (Phi) is 4.41. The average Bonchev–Trinajstić information content (AvgIpc) is 2.92. The van der Waals surface area contributed by atoms with Crippen molar-refractivity contribution < 1.29 is 9.72 Å². The number of nitrogens with zero attached hydrogens (tertiary/aromatic N) is 1. The molecule has 0 aliphatic carbocycles. The molecule has 0 bridgehead atoms. The molecule has 19 heavy (non-hydrogen) atoms. The van der Waals surface area contributed by atoms with E-state index in [0.717, 1.165) is 5.56 Å². The van der Waals surface area contributed by atoms with Crippen LogP contribution < -0.4 is 0 Å². The molecule has 98 valence electrons. The Labute approximate surface area is 114 Å². The van der Waals surface area contributed by atoms with Crippen LogP contribution in [0, 0.1) is 10.1 Å². The summed E-state index contributed by atoms with van der Waals surface area (Å²) in [6.07, 6.45) is 0.172. The number of rotatable bonds is 6. The number of carbonyl (C=O) groups excluding carboxylic acids is 1. The molecule has 0 saturated heterocycles. The van der Waals surface area contributed by atoms with Gasteiger partial charge in [-0.05, 0) is 17.0 Å². The predicted molar refractivity (Wildman–Crippen MR) is 74.3 cm³/mol. The lowest BCUT2D eigenvalue weighted by Crippen LogP contribution is -2.16. The molecule has 0 unspecified atom stereocenters. The normalized spacial score (nSPS) is 12.0. The molecule has 0 fully saturated rings. The third-order valence-corrected chi connectivity index (χ3v) is 3.78. The molecule has 0 spiro atoms. The first kappa shape index (κ1) is 13.4. The minimum atomic E-state index is -0.370. The average molecular weight is 275 g/mol. The maximum atomic E-state index is 12.1. The van der Waals surface area contributed by atoms with E-state index in [4.69, 9.17) is 0 Å². The van der Waals surface area contributed by atoms with Crippen LogP contribution in [0.3, 0.4) is 0 Å². The van der Waals surface area contributed by atoms with E-state index in [2.05, 4.69) is 0 Å². The van der Waals surface area contributed by atoms with E-state index in [9.17, 15) is 14.9 Å². The summed E-state index contributed by atoms with van der Waals surface area (Å²) in [5.74, 6) is -0.406. The maximum absolute atomic E-state index is 12.1. The number of hydrogen-bond acceptors (Lipinski definition) is 4. The summed E-state index contributed by atoms with van der Waals surface area (Å²) in [5, 5.41) is 12.6. The van der Waals surface area contributed by atoms with Gasteiger partial charge in [0.1, 0.15) is 0 Å². The zero-order valence-corrected chi connectivity index (χ0v) is 11.0. The van der Waals surface area contributed by atoms with E-state index < -0.39 is 0 Å². The second kappa shape index (κ2) is 6.24. The lowest BCUT2D eigenvalue weighted by atomic mass is 9.93. The van der Waals surface area contributed by atoms with Crippen molar-refractivity contribution in [2.45, 2.75) is 12.3 Å². The Morgan fingerprint density at radius 1 is 1.21 bits per heavy atom. The van der Waals surface area contributed by atoms with Crippen molar-refractivity contribution in [3.05, 3.63) is 68.4 Å². The van der Waals surface area contributed by atoms with E-state index in [1.54, 1.807) is 6.07 Å². The van der Waals surface area contributed by atoms with Crippen LogP contribution in [0.25, 0.3) is 0 Å². The van der Waals surface area contributed by atoms with Crippen LogP contribution in [0.1, 0.15) is 27.6 Å². The zero-order valence-electron chi connectivity index (χ0n) is 10.2. The number of carbonyl (C=O) groups is 1. The second-order valence-electron chi connectivity index (χ2n) is 4.23. The molecule has 1 atom stereocenters. The van der Waals surface area contributed by atoms with Gasteiger partial charge in [-0.2, -0.15) is 0 Å². The minimum Gasteiger partial charge on any atom is -0.293 e. The first-order valence-electron chi connectivity index (χ1n) is 5.90. The molecule has 0 amide bonds. The topological polar surface area (TPSA) is 60.2 Å². The molecule has 4 nitrogen and oxygen atoms in total. The van der Waals surface area contributed by atoms with E-state index >= 15 is 0 Å². The highest BCUT2D eigenvalue weighted by Crippen LogP contribution is 2.23. The summed E-state index contributed by atoms with van der Waals surface area (Å²) in [7, 11) is 0. The molecule has 0 aliphatic heterocycles. The Balaban J connectivity index is 2.15. The number of hydrogen-bond donors (Lipinski definition) is 0. The first-order valence-corrected chi connectivity index (χ1v) is 6.78. The van der Waals surface area contributed by atoms with Gasteiger partial charge in [-0.3, -0.25) is 14.9 Å². The van der Waals surface area contributed by atoms with Crippen molar-refractivity contribution in [3.8, 4) is 0 Å². The zero-order chi connectivity index (χ0) is 13.7. The van der Waals surface area contributed by atoms with Gasteiger partial charge in [0.2, 0.25) is 6.54 Å². The lowest BCUT2D eigenvalue weighted by molar-refractivity contribution is -0.483. The van der Waals surface area contributed by atoms with Gasteiger partial charge < -0.3 is 0 Å². The summed E-state index contributed by atoms with van der Waals surface area (Å²) in [6, 6.07) is 12.7. The van der Waals surface area contributed by atoms with E-state index in [0.29, 0.717) is 4.88 Å². The molecule has 0 saturated carbocycles. The van der Waals surface area contributed by atoms with E-state index in [1.807, 2.05) is 41.8 Å². The third kappa shape index (κ3) is 3.72. The predicted octanol–water partition coefficient (Wildman–Crippen LogP) is 3.38. The number of nitro groups is 1. The molecule has 2 rings (SSSR count). The van der Waals surface area contributed by atoms with Gasteiger partial charge in [0.05, 0.1) is 10.8 Å². The molecule has 0 N–H and O–H groups in total. The van der Waals surface area contributed by atoms with Gasteiger partial charge in [0, 0.05) is 11.3 Å². The van der Waals surface area contributed by atoms with Crippen molar-refractivity contribution in [3.63, 3.8) is 0 Å². The second-order valence-corrected chi connectivity index (χ2v) is 5.18. The highest BCUT2D eigenvalue weighted by atomic mass is 32.1. The van der Waals surface area contributed by atoms with Gasteiger partial charge in [-0.1, -0.05) is 36.4 Å². The Hall–Kier alpha value is -2.01. The molecule has 5 heteroatoms. The fourth-order valence-corrected chi connectivity index (χ4v) is 2.63. The minimum absolute atomic E-state index is 0.0364. The van der Waals surface area contributed by atoms with Gasteiger partial charge in [0.15, 0.2) is 5.78 Å². The number of ketones is 1. The molecular weight excluding hydrogens is 262 g/mol. The van der Waals surface area contributed by atoms with Crippen LogP contribution in [0.4, 0.5) is 0 Å². The molecule has 0 radical (unpaired) electrons. The van der Waals surface area contributed by atoms with E-state index in [-0.39, 0.29) is 29.6 Å². The standard InChI is InChI=1S/C14H13NO3S/c16-13(14-7-4-8-19-14)9-12(10-15(17)18)11-5-2-1-3-6-11/h1-8,12H,9-10H2/t12-/m1/s1. The van der Waals surface area contributed by atoms with E-state index in [1.165, 1.54) is 11.3 Å². The van der Waals surface area contributed by atoms with Crippen LogP contribution in [-0.4, -0.2) is 17.3 Å². The van der Waals surface area contributed by atoms with Crippen molar-refractivity contribution in [2.75, 3.05) is 6.54 Å². The Morgan fingerprint density at radius 3 is 2.53 bits per heavy atom. The summed E-state index contributed by atoms with van der Waals surface area (Å²) >= 11 is 1.37. The molecule has 1 aromatic heterocycles. The fraction of sp³-hybridized carbons (Fsp3) is 0.214. The lowest BCUT2D eigenvalue weighted by Gasteiger charge is -2.11. The van der Waals surface area contributed by atoms with Crippen LogP contribution in [-0.2, 0) is 0 Å². The van der Waals surface area contributed by atoms with Crippen LogP contribution in [0.15, 0.2) is 47.8 Å². The maximum Gasteiger partial charge on any atom is 0.211 e. The van der Waals surface area contributed by atoms with Crippen molar-refractivity contribution in [2.24, 2.45) is 0 Å². The van der Waals surface area contributed by atoms with Gasteiger partial charge in [-0.25, -0.2) is 0 Å². The first-order chi connectivity index (χ1) is 9.16. The summed E-state index contributed by atoms with van der Waals surface area (Å²) in [6.45, 7) is -0.221. The van der Waals surface area contributed by atoms with Gasteiger partial charge >= 0.3 is 0 Å². The van der Waals surface area contributed by atoms with Crippen LogP contribution in [0.2, 0.25) is 0 Å². The summed E-state index contributed by atoms with van der Waals surface area (Å²) in [5.41, 5.74) is 0.837. The molecular formula is C14H13NO3S. The molecule has 1 aromatic carbocycles. The fourth-order valence-electron chi connectivity index (χ4n) is 1.95. The number of Topliss-reactive ketones (excluding diaryl/α,β-unsaturated/α-hetero) is 1. The van der Waals surface area contributed by atoms with Crippen molar-refractivity contribution >= 4 is 17.1 Å². The highest BCUT2D eigenvalue weighted by Gasteiger charge is 2.22. The monoisotopic (exact) mass is 275 g/mol.